The van der Waals surface area contributed by atoms with Crippen LogP contribution in [-0.4, -0.2) is 66.7 Å². The quantitative estimate of drug-likeness (QED) is 0.309. The number of nitriles is 1. The van der Waals surface area contributed by atoms with Crippen LogP contribution in [0.1, 0.15) is 37.5 Å². The summed E-state index contributed by atoms with van der Waals surface area (Å²) in [5, 5.41) is 12.4. The molecule has 2 heterocycles. The predicted octanol–water partition coefficient (Wildman–Crippen LogP) is 5.40. The van der Waals surface area contributed by atoms with Crippen LogP contribution >= 0.6 is 24.6 Å². The molecule has 2 aromatic rings. The zero-order valence-corrected chi connectivity index (χ0v) is 24.8. The van der Waals surface area contributed by atoms with Gasteiger partial charge in [-0.3, -0.25) is 14.6 Å². The number of ether oxygens (including phenoxy) is 1. The molecule has 2 aliphatic heterocycles. The van der Waals surface area contributed by atoms with Crippen molar-refractivity contribution in [2.24, 2.45) is 0 Å². The van der Waals surface area contributed by atoms with Crippen LogP contribution in [0.3, 0.4) is 0 Å². The van der Waals surface area contributed by atoms with E-state index in [1.54, 1.807) is 26.0 Å². The van der Waals surface area contributed by atoms with Crippen LogP contribution in [0.25, 0.3) is 0 Å². The summed E-state index contributed by atoms with van der Waals surface area (Å²) in [7, 11) is 0. The number of carbonyl (C=O) groups is 1. The minimum absolute atomic E-state index is 0. The van der Waals surface area contributed by atoms with Gasteiger partial charge in [-0.05, 0) is 69.4 Å². The molecule has 0 saturated carbocycles. The number of nitrogens with zero attached hydrogens (tertiary/aromatic N) is 4. The molecule has 7 nitrogen and oxygen atoms in total. The van der Waals surface area contributed by atoms with Crippen molar-refractivity contribution < 1.29 is 31.5 Å². The molecule has 1 atom stereocenters. The molecule has 42 heavy (non-hydrogen) atoms. The predicted molar refractivity (Wildman–Crippen MR) is 156 cm³/mol. The van der Waals surface area contributed by atoms with Crippen molar-refractivity contribution in [1.29, 1.82) is 5.26 Å². The van der Waals surface area contributed by atoms with Gasteiger partial charge in [0.15, 0.2) is 5.11 Å². The summed E-state index contributed by atoms with van der Waals surface area (Å²) < 4.78 is 73.8. The van der Waals surface area contributed by atoms with Crippen molar-refractivity contribution in [3.05, 3.63) is 53.1 Å². The molecule has 2 fully saturated rings. The van der Waals surface area contributed by atoms with Gasteiger partial charge in [-0.2, -0.15) is 18.4 Å². The molecule has 0 radical (unpaired) electrons. The Balaban J connectivity index is 0.00000484. The molecule has 1 N–H and O–H groups in total. The first kappa shape index (κ1) is 33.5. The molecule has 1 amide bonds. The van der Waals surface area contributed by atoms with Crippen LogP contribution in [0.2, 0.25) is 0 Å². The molecule has 4 rings (SSSR count). The van der Waals surface area contributed by atoms with E-state index in [1.165, 1.54) is 23.1 Å². The van der Waals surface area contributed by atoms with Crippen LogP contribution in [0, 0.1) is 11.3 Å². The van der Waals surface area contributed by atoms with E-state index in [9.17, 15) is 26.7 Å². The molecule has 228 valence electrons. The number of rotatable bonds is 8. The number of amides is 1. The maximum atomic E-state index is 13.6. The monoisotopic (exact) mass is 631 g/mol. The van der Waals surface area contributed by atoms with Gasteiger partial charge in [0.1, 0.15) is 17.9 Å². The van der Waals surface area contributed by atoms with Gasteiger partial charge < -0.3 is 15.0 Å². The number of nitrogens with one attached hydrogen (secondary N) is 1. The lowest BCUT2D eigenvalue weighted by Gasteiger charge is -2.32. The van der Waals surface area contributed by atoms with Gasteiger partial charge in [0.2, 0.25) is 6.43 Å². The SMILES string of the molecule is CC1CN(CCOc2ccc(N3C(=S)N(c4ccc(C#N)c(C(F)(F)F)c4)C(=O)C3(C)C)cc2CC(F)F)CCN1.Cl. The Morgan fingerprint density at radius 1 is 1.19 bits per heavy atom. The highest BCUT2D eigenvalue weighted by Gasteiger charge is 2.51. The molecular weight excluding hydrogens is 601 g/mol. The summed E-state index contributed by atoms with van der Waals surface area (Å²) in [4.78, 5) is 18.1. The van der Waals surface area contributed by atoms with E-state index in [0.717, 1.165) is 30.6 Å². The highest BCUT2D eigenvalue weighted by molar-refractivity contribution is 7.81. The number of halogens is 6. The average molecular weight is 632 g/mol. The van der Waals surface area contributed by atoms with Crippen molar-refractivity contribution in [2.75, 3.05) is 42.6 Å². The fraction of sp³-hybridized carbons (Fsp3) is 0.464. The number of thiocarbonyl (C=S) groups is 1. The van der Waals surface area contributed by atoms with Gasteiger partial charge in [-0.15, -0.1) is 12.4 Å². The molecule has 2 aromatic carbocycles. The minimum Gasteiger partial charge on any atom is -0.492 e. The molecule has 1 unspecified atom stereocenters. The lowest BCUT2D eigenvalue weighted by molar-refractivity contribution is -0.137. The Morgan fingerprint density at radius 3 is 2.50 bits per heavy atom. The summed E-state index contributed by atoms with van der Waals surface area (Å²) in [6.07, 6.45) is -8.10. The largest absolute Gasteiger partial charge is 0.492 e. The van der Waals surface area contributed by atoms with E-state index in [-0.39, 0.29) is 34.5 Å². The maximum Gasteiger partial charge on any atom is 0.417 e. The second kappa shape index (κ2) is 13.1. The Hall–Kier alpha value is -3.05. The molecular formula is C28H31ClF5N5O2S. The second-order valence-electron chi connectivity index (χ2n) is 10.5. The topological polar surface area (TPSA) is 71.8 Å². The van der Waals surface area contributed by atoms with Crippen LogP contribution in [0.4, 0.5) is 33.3 Å². The highest BCUT2D eigenvalue weighted by Crippen LogP contribution is 2.40. The number of benzene rings is 2. The van der Waals surface area contributed by atoms with Gasteiger partial charge in [-0.25, -0.2) is 8.78 Å². The molecule has 0 aromatic heterocycles. The molecule has 0 spiro atoms. The van der Waals surface area contributed by atoms with E-state index in [1.807, 2.05) is 0 Å². The van der Waals surface area contributed by atoms with Crippen LogP contribution < -0.4 is 19.9 Å². The summed E-state index contributed by atoms with van der Waals surface area (Å²) in [5.41, 5.74) is -2.76. The number of hydrogen-bond acceptors (Lipinski definition) is 6. The zero-order chi connectivity index (χ0) is 30.1. The number of alkyl halides is 5. The first-order valence-electron chi connectivity index (χ1n) is 13.0. The van der Waals surface area contributed by atoms with Gasteiger partial charge in [-0.1, -0.05) is 0 Å². The highest BCUT2D eigenvalue weighted by atomic mass is 35.5. The van der Waals surface area contributed by atoms with Gasteiger partial charge >= 0.3 is 6.18 Å². The maximum absolute atomic E-state index is 13.6. The minimum atomic E-state index is -4.83. The van der Waals surface area contributed by atoms with E-state index < -0.39 is 41.6 Å². The third-order valence-corrected chi connectivity index (χ3v) is 7.51. The normalized spacial score (nSPS) is 19.2. The Bertz CT molecular complexity index is 1370. The summed E-state index contributed by atoms with van der Waals surface area (Å²) in [6.45, 7) is 8.64. The average Bonchev–Trinajstić information content (AvgIpc) is 3.06. The van der Waals surface area contributed by atoms with Gasteiger partial charge in [0.05, 0.1) is 22.9 Å². The van der Waals surface area contributed by atoms with E-state index in [2.05, 4.69) is 17.1 Å². The Labute approximate surface area is 252 Å². The molecule has 0 aliphatic carbocycles. The van der Waals surface area contributed by atoms with Crippen LogP contribution in [-0.2, 0) is 17.4 Å². The van der Waals surface area contributed by atoms with E-state index in [0.29, 0.717) is 30.9 Å². The third kappa shape index (κ3) is 6.94. The molecule has 2 aliphatic rings. The Kier molecular flexibility index (Phi) is 10.4. The van der Waals surface area contributed by atoms with E-state index >= 15 is 0 Å². The van der Waals surface area contributed by atoms with Crippen molar-refractivity contribution in [3.8, 4) is 11.8 Å². The second-order valence-corrected chi connectivity index (χ2v) is 10.9. The molecule has 2 saturated heterocycles. The fourth-order valence-electron chi connectivity index (χ4n) is 5.13. The van der Waals surface area contributed by atoms with Crippen molar-refractivity contribution >= 4 is 47.0 Å². The molecule has 0 bridgehead atoms. The summed E-state index contributed by atoms with van der Waals surface area (Å²) >= 11 is 5.56. The lowest BCUT2D eigenvalue weighted by atomic mass is 10.0. The summed E-state index contributed by atoms with van der Waals surface area (Å²) in [6, 6.07) is 9.37. The standard InChI is InChI=1S/C28H30F5N5O2S.ClH/c1-17-16-36(9-8-35-17)10-11-40-23-7-6-21(12-19(23)13-24(29)30)38-26(41)37(25(39)27(38,2)3)20-5-4-18(15-34)22(14-20)28(31,32)33;/h4-7,12,14,17,24,35H,8-11,13,16H2,1-3H3;1H. The first-order valence-corrected chi connectivity index (χ1v) is 13.4. The summed E-state index contributed by atoms with van der Waals surface area (Å²) in [5.74, 6) is -0.327. The van der Waals surface area contributed by atoms with Crippen molar-refractivity contribution in [2.45, 2.75) is 51.4 Å². The molecule has 14 heteroatoms. The van der Waals surface area contributed by atoms with Gasteiger partial charge in [0, 0.05) is 49.9 Å². The van der Waals surface area contributed by atoms with Crippen molar-refractivity contribution in [1.82, 2.24) is 10.2 Å². The van der Waals surface area contributed by atoms with Crippen LogP contribution in [0.15, 0.2) is 36.4 Å². The van der Waals surface area contributed by atoms with Gasteiger partial charge in [0.25, 0.3) is 5.91 Å². The lowest BCUT2D eigenvalue weighted by Crippen LogP contribution is -2.50. The number of anilines is 2. The fourth-order valence-corrected chi connectivity index (χ4v) is 5.65. The van der Waals surface area contributed by atoms with Crippen LogP contribution in [0.5, 0.6) is 5.75 Å². The number of hydrogen-bond donors (Lipinski definition) is 1. The first-order chi connectivity index (χ1) is 19.2. The van der Waals surface area contributed by atoms with E-state index in [4.69, 9.17) is 22.2 Å². The number of piperazine rings is 1. The zero-order valence-electron chi connectivity index (χ0n) is 23.2. The number of carbonyl (C=O) groups excluding carboxylic acids is 1. The smallest absolute Gasteiger partial charge is 0.417 e. The third-order valence-electron chi connectivity index (χ3n) is 7.15. The van der Waals surface area contributed by atoms with Crippen molar-refractivity contribution in [3.63, 3.8) is 0 Å². The Morgan fingerprint density at radius 2 is 1.88 bits per heavy atom.